The number of carbonyl (C=O) groups is 1. The van der Waals surface area contributed by atoms with Crippen LogP contribution in [-0.4, -0.2) is 63.8 Å². The molecule has 1 aromatic rings. The number of thioether (sulfide) groups is 1. The lowest BCUT2D eigenvalue weighted by Crippen LogP contribution is -2.42. The fraction of sp³-hybridized carbons (Fsp3) is 0.824. The first-order valence-electron chi connectivity index (χ1n) is 9.56. The number of sulfone groups is 1. The van der Waals surface area contributed by atoms with E-state index in [1.807, 2.05) is 6.92 Å². The van der Waals surface area contributed by atoms with Crippen molar-refractivity contribution >= 4 is 27.5 Å². The fourth-order valence-electron chi connectivity index (χ4n) is 3.66. The molecule has 3 fully saturated rings. The standard InChI is InChI=1S/C17H26N4O3S2/c1-2-8-20(14-7-9-26(23,24)11-14)15(22)10-25-17-19-18-16(12-3-4-12)21(17)13-5-6-13/h12-14H,2-11H2,1H3. The van der Waals surface area contributed by atoms with Crippen molar-refractivity contribution in [3.63, 3.8) is 0 Å². The van der Waals surface area contributed by atoms with E-state index in [1.54, 1.807) is 4.90 Å². The minimum atomic E-state index is -3.00. The molecule has 26 heavy (non-hydrogen) atoms. The van der Waals surface area contributed by atoms with E-state index in [2.05, 4.69) is 14.8 Å². The number of hydrogen-bond acceptors (Lipinski definition) is 6. The Morgan fingerprint density at radius 1 is 1.23 bits per heavy atom. The van der Waals surface area contributed by atoms with Gasteiger partial charge in [-0.05, 0) is 38.5 Å². The first-order valence-corrected chi connectivity index (χ1v) is 12.4. The number of amides is 1. The molecule has 1 amide bonds. The van der Waals surface area contributed by atoms with E-state index < -0.39 is 9.84 Å². The third-order valence-corrected chi connectivity index (χ3v) is 7.98. The lowest BCUT2D eigenvalue weighted by atomic mass is 10.2. The largest absolute Gasteiger partial charge is 0.338 e. The Balaban J connectivity index is 1.42. The molecular weight excluding hydrogens is 372 g/mol. The van der Waals surface area contributed by atoms with Gasteiger partial charge in [0.1, 0.15) is 5.82 Å². The summed E-state index contributed by atoms with van der Waals surface area (Å²) < 4.78 is 25.8. The van der Waals surface area contributed by atoms with Gasteiger partial charge in [-0.1, -0.05) is 18.7 Å². The van der Waals surface area contributed by atoms with Gasteiger partial charge < -0.3 is 9.47 Å². The van der Waals surface area contributed by atoms with Crippen molar-refractivity contribution in [3.8, 4) is 0 Å². The first kappa shape index (κ1) is 18.3. The maximum Gasteiger partial charge on any atom is 0.233 e. The fourth-order valence-corrected chi connectivity index (χ4v) is 6.29. The van der Waals surface area contributed by atoms with E-state index in [0.29, 0.717) is 30.7 Å². The monoisotopic (exact) mass is 398 g/mol. The molecule has 1 aliphatic heterocycles. The van der Waals surface area contributed by atoms with Crippen molar-refractivity contribution in [1.29, 1.82) is 0 Å². The minimum Gasteiger partial charge on any atom is -0.338 e. The summed E-state index contributed by atoms with van der Waals surface area (Å²) in [4.78, 5) is 14.6. The van der Waals surface area contributed by atoms with Gasteiger partial charge in [0.15, 0.2) is 15.0 Å². The Morgan fingerprint density at radius 2 is 2.00 bits per heavy atom. The lowest BCUT2D eigenvalue weighted by molar-refractivity contribution is -0.130. The van der Waals surface area contributed by atoms with Crippen LogP contribution in [0.2, 0.25) is 0 Å². The molecule has 3 aliphatic rings. The molecule has 1 aromatic heterocycles. The summed E-state index contributed by atoms with van der Waals surface area (Å²) in [7, 11) is -3.00. The van der Waals surface area contributed by atoms with Gasteiger partial charge in [-0.2, -0.15) is 0 Å². The Morgan fingerprint density at radius 3 is 2.58 bits per heavy atom. The van der Waals surface area contributed by atoms with Gasteiger partial charge >= 0.3 is 0 Å². The van der Waals surface area contributed by atoms with Crippen LogP contribution < -0.4 is 0 Å². The van der Waals surface area contributed by atoms with Gasteiger partial charge in [-0.25, -0.2) is 8.42 Å². The summed E-state index contributed by atoms with van der Waals surface area (Å²) in [5, 5.41) is 9.57. The summed E-state index contributed by atoms with van der Waals surface area (Å²) in [5.41, 5.74) is 0. The predicted molar refractivity (Wildman–Crippen MR) is 100 cm³/mol. The Labute approximate surface area is 158 Å². The molecule has 7 nitrogen and oxygen atoms in total. The average molecular weight is 399 g/mol. The first-order chi connectivity index (χ1) is 12.5. The van der Waals surface area contributed by atoms with Crippen LogP contribution in [0.3, 0.4) is 0 Å². The van der Waals surface area contributed by atoms with E-state index in [1.165, 1.54) is 37.4 Å². The highest BCUT2D eigenvalue weighted by atomic mass is 32.2. The van der Waals surface area contributed by atoms with Gasteiger partial charge in [-0.15, -0.1) is 10.2 Å². The number of nitrogens with zero attached hydrogens (tertiary/aromatic N) is 4. The predicted octanol–water partition coefficient (Wildman–Crippen LogP) is 2.01. The van der Waals surface area contributed by atoms with Crippen molar-refractivity contribution in [3.05, 3.63) is 5.82 Å². The molecule has 2 heterocycles. The van der Waals surface area contributed by atoms with Gasteiger partial charge in [-0.3, -0.25) is 4.79 Å². The molecule has 0 spiro atoms. The Hall–Kier alpha value is -1.09. The third-order valence-electron chi connectivity index (χ3n) is 5.30. The van der Waals surface area contributed by atoms with Crippen LogP contribution in [0.5, 0.6) is 0 Å². The molecule has 0 N–H and O–H groups in total. The zero-order chi connectivity index (χ0) is 18.3. The molecule has 1 unspecified atom stereocenters. The number of carbonyl (C=O) groups excluding carboxylic acids is 1. The zero-order valence-electron chi connectivity index (χ0n) is 15.1. The molecule has 1 saturated heterocycles. The summed E-state index contributed by atoms with van der Waals surface area (Å²) in [6, 6.07) is 0.335. The maximum absolute atomic E-state index is 12.8. The highest BCUT2D eigenvalue weighted by Crippen LogP contribution is 2.46. The van der Waals surface area contributed by atoms with E-state index >= 15 is 0 Å². The van der Waals surface area contributed by atoms with Crippen LogP contribution in [-0.2, 0) is 14.6 Å². The molecule has 9 heteroatoms. The van der Waals surface area contributed by atoms with E-state index in [-0.39, 0.29) is 23.5 Å². The van der Waals surface area contributed by atoms with Gasteiger partial charge in [0.25, 0.3) is 0 Å². The number of hydrogen-bond donors (Lipinski definition) is 0. The maximum atomic E-state index is 12.8. The van der Waals surface area contributed by atoms with Crippen LogP contribution in [0.4, 0.5) is 0 Å². The number of aromatic nitrogens is 3. The minimum absolute atomic E-state index is 0.0114. The van der Waals surface area contributed by atoms with Crippen LogP contribution in [0, 0.1) is 0 Å². The molecular formula is C17H26N4O3S2. The molecule has 4 rings (SSSR count). The second kappa shape index (κ2) is 7.14. The smallest absolute Gasteiger partial charge is 0.233 e. The third kappa shape index (κ3) is 3.93. The zero-order valence-corrected chi connectivity index (χ0v) is 16.8. The Bertz CT molecular complexity index is 784. The van der Waals surface area contributed by atoms with Crippen molar-refractivity contribution in [2.75, 3.05) is 23.8 Å². The second-order valence-corrected chi connectivity index (χ2v) is 10.8. The lowest BCUT2D eigenvalue weighted by Gasteiger charge is -2.27. The Kier molecular flexibility index (Phi) is 5.02. The SMILES string of the molecule is CCCN(C(=O)CSc1nnc(C2CC2)n1C1CC1)C1CCS(=O)(=O)C1. The molecule has 144 valence electrons. The second-order valence-electron chi connectivity index (χ2n) is 7.65. The van der Waals surface area contributed by atoms with Gasteiger partial charge in [0.2, 0.25) is 5.91 Å². The molecule has 0 aromatic carbocycles. The van der Waals surface area contributed by atoms with E-state index in [9.17, 15) is 13.2 Å². The van der Waals surface area contributed by atoms with Crippen LogP contribution >= 0.6 is 11.8 Å². The van der Waals surface area contributed by atoms with Crippen molar-refractivity contribution in [1.82, 2.24) is 19.7 Å². The number of rotatable bonds is 8. The topological polar surface area (TPSA) is 85.2 Å². The summed E-state index contributed by atoms with van der Waals surface area (Å²) >= 11 is 1.45. The van der Waals surface area contributed by atoms with Crippen molar-refractivity contribution in [2.24, 2.45) is 0 Å². The average Bonchev–Trinajstić information content (AvgIpc) is 3.53. The molecule has 0 radical (unpaired) electrons. The van der Waals surface area contributed by atoms with Crippen LogP contribution in [0.25, 0.3) is 0 Å². The quantitative estimate of drug-likeness (QED) is 0.623. The summed E-state index contributed by atoms with van der Waals surface area (Å²) in [6.07, 6.45) is 6.10. The van der Waals surface area contributed by atoms with E-state index in [0.717, 1.165) is 17.4 Å². The molecule has 2 saturated carbocycles. The van der Waals surface area contributed by atoms with Gasteiger partial charge in [0.05, 0.1) is 17.3 Å². The summed E-state index contributed by atoms with van der Waals surface area (Å²) in [5.74, 6) is 2.25. The van der Waals surface area contributed by atoms with Crippen molar-refractivity contribution in [2.45, 2.75) is 68.6 Å². The normalized spacial score (nSPS) is 24.7. The highest BCUT2D eigenvalue weighted by Gasteiger charge is 2.37. The molecule has 1 atom stereocenters. The van der Waals surface area contributed by atoms with Crippen molar-refractivity contribution < 1.29 is 13.2 Å². The highest BCUT2D eigenvalue weighted by molar-refractivity contribution is 7.99. The van der Waals surface area contributed by atoms with Crippen LogP contribution in [0.1, 0.15) is 63.2 Å². The van der Waals surface area contributed by atoms with Gasteiger partial charge in [0, 0.05) is 24.5 Å². The molecule has 2 aliphatic carbocycles. The van der Waals surface area contributed by atoms with E-state index in [4.69, 9.17) is 0 Å². The van der Waals surface area contributed by atoms with Crippen LogP contribution in [0.15, 0.2) is 5.16 Å². The molecule has 0 bridgehead atoms. The summed E-state index contributed by atoms with van der Waals surface area (Å²) in [6.45, 7) is 2.63.